The summed E-state index contributed by atoms with van der Waals surface area (Å²) in [5.41, 5.74) is 7.47. The normalized spacial score (nSPS) is 7.92. The van der Waals surface area contributed by atoms with Crippen molar-refractivity contribution in [3.63, 3.8) is 0 Å². The topological polar surface area (TPSA) is 176 Å². The Morgan fingerprint density at radius 2 is 1.38 bits per heavy atom. The first-order valence-electron chi connectivity index (χ1n) is 6.31. The summed E-state index contributed by atoms with van der Waals surface area (Å²) in [6.07, 6.45) is 0.963. The molecule has 0 aliphatic heterocycles. The van der Waals surface area contributed by atoms with Gasteiger partial charge in [0.2, 0.25) is 0 Å². The van der Waals surface area contributed by atoms with E-state index in [0.29, 0.717) is 13.1 Å². The van der Waals surface area contributed by atoms with Gasteiger partial charge in [0.05, 0.1) is 13.2 Å². The van der Waals surface area contributed by atoms with Gasteiger partial charge >= 0.3 is 0 Å². The second kappa shape index (κ2) is 24.7. The van der Waals surface area contributed by atoms with Crippen LogP contribution in [0.25, 0.3) is 0 Å². The Hall–Kier alpha value is -0.550. The Morgan fingerprint density at radius 1 is 0.833 bits per heavy atom. The predicted molar refractivity (Wildman–Crippen MR) is 107 cm³/mol. The molecule has 0 fully saturated rings. The van der Waals surface area contributed by atoms with Crippen molar-refractivity contribution < 1.29 is 26.6 Å². The lowest BCUT2D eigenvalue weighted by Crippen LogP contribution is -2.30. The molecule has 0 unspecified atom stereocenters. The smallest absolute Gasteiger partial charge is 0.0606 e. The molecule has 1 rings (SSSR count). The summed E-state index contributed by atoms with van der Waals surface area (Å²) in [6.45, 7) is 3.26. The summed E-state index contributed by atoms with van der Waals surface area (Å²) in [7, 11) is 0. The molecule has 0 spiro atoms. The number of nitrogens with zero attached hydrogens (tertiary/aromatic N) is 1. The summed E-state index contributed by atoms with van der Waals surface area (Å²) >= 11 is 0. The molecule has 0 bridgehead atoms. The van der Waals surface area contributed by atoms with E-state index < -0.39 is 0 Å². The first-order valence-corrected chi connectivity index (χ1v) is 6.31. The van der Waals surface area contributed by atoms with E-state index in [1.54, 1.807) is 0 Å². The first-order chi connectivity index (χ1) is 8.77. The lowest BCUT2D eigenvalue weighted by Gasteiger charge is -2.24. The number of aliphatic hydroxyl groups excluding tert-OH is 2. The Kier molecular flexibility index (Phi) is 39.9. The third kappa shape index (κ3) is 16.3. The van der Waals surface area contributed by atoms with E-state index in [1.807, 2.05) is 24.3 Å². The zero-order chi connectivity index (χ0) is 13.2. The predicted octanol–water partition coefficient (Wildman–Crippen LogP) is -1.17. The molecule has 0 saturated heterocycles. The molecule has 0 amide bonds. The zero-order valence-corrected chi connectivity index (χ0v) is 15.9. The molecule has 0 aliphatic rings. The van der Waals surface area contributed by atoms with Crippen molar-refractivity contribution in [2.75, 3.05) is 50.0 Å². The van der Waals surface area contributed by atoms with Gasteiger partial charge in [-0.05, 0) is 37.2 Å². The van der Waals surface area contributed by atoms with E-state index in [-0.39, 0.29) is 66.9 Å². The van der Waals surface area contributed by atoms with E-state index >= 15 is 0 Å². The van der Waals surface area contributed by atoms with Gasteiger partial charge in [-0.2, -0.15) is 0 Å². The maximum Gasteiger partial charge on any atom is 0.0606 e. The molecule has 150 valence electrons. The number of nitrogen functional groups attached to an aromatic ring is 1. The van der Waals surface area contributed by atoms with Gasteiger partial charge in [0.25, 0.3) is 0 Å². The number of hydrogen-bond acceptors (Lipinski definition) is 5. The van der Waals surface area contributed by atoms with Crippen LogP contribution in [0.15, 0.2) is 24.3 Å². The highest BCUT2D eigenvalue weighted by Gasteiger charge is 2.05. The molecule has 0 aromatic heterocycles. The fourth-order valence-corrected chi connectivity index (χ4v) is 1.77. The average Bonchev–Trinajstić information content (AvgIpc) is 2.38. The molecule has 1 aromatic carbocycles. The molecule has 0 saturated carbocycles. The number of nitrogens with two attached hydrogens (primary N) is 1. The lowest BCUT2D eigenvalue weighted by atomic mass is 10.2. The first kappa shape index (κ1) is 38.8. The quantitative estimate of drug-likeness (QED) is 0.292. The summed E-state index contributed by atoms with van der Waals surface area (Å²) in [5.74, 6) is 0. The van der Waals surface area contributed by atoms with Gasteiger partial charge < -0.3 is 42.6 Å². The van der Waals surface area contributed by atoms with Crippen LogP contribution in [0.4, 0.5) is 11.4 Å². The molecule has 1 aromatic rings. The molecular weight excluding hydrogens is 385 g/mol. The Labute approximate surface area is 161 Å². The van der Waals surface area contributed by atoms with E-state index in [0.717, 1.165) is 30.9 Å². The van der Waals surface area contributed by atoms with Crippen LogP contribution in [-0.2, 0) is 0 Å². The van der Waals surface area contributed by atoms with Gasteiger partial charge in [-0.1, -0.05) is 0 Å². The van der Waals surface area contributed by atoms with Crippen molar-refractivity contribution in [2.24, 2.45) is 0 Å². The number of halogens is 3. The second-order valence-corrected chi connectivity index (χ2v) is 4.13. The second-order valence-electron chi connectivity index (χ2n) is 4.13. The van der Waals surface area contributed by atoms with Crippen LogP contribution < -0.4 is 16.0 Å². The summed E-state index contributed by atoms with van der Waals surface area (Å²) in [4.78, 5) is 2.13. The third-order valence-electron chi connectivity index (χ3n) is 2.70. The molecule has 11 heteroatoms. The largest absolute Gasteiger partial charge is 0.412 e. The Morgan fingerprint density at radius 3 is 1.83 bits per heavy atom. The maximum absolute atomic E-state index is 9.08. The van der Waals surface area contributed by atoms with Gasteiger partial charge in [0.15, 0.2) is 0 Å². The van der Waals surface area contributed by atoms with Gasteiger partial charge in [0.1, 0.15) is 0 Å². The number of rotatable bonds is 9. The fraction of sp³-hybridized carbons (Fsp3) is 0.538. The van der Waals surface area contributed by atoms with Crippen LogP contribution in [0, 0.1) is 0 Å². The number of hydrogen-bond donors (Lipinski definition) is 4. The third-order valence-corrected chi connectivity index (χ3v) is 2.70. The van der Waals surface area contributed by atoms with Crippen LogP contribution in [0.5, 0.6) is 0 Å². The zero-order valence-electron chi connectivity index (χ0n) is 13.4. The molecule has 8 nitrogen and oxygen atoms in total. The summed E-state index contributed by atoms with van der Waals surface area (Å²) < 4.78 is 0. The molecule has 0 heterocycles. The van der Waals surface area contributed by atoms with E-state index in [4.69, 9.17) is 15.9 Å². The molecule has 11 N–H and O–H groups in total. The maximum atomic E-state index is 9.08. The SMILES string of the molecule is Cl.Cl.Cl.Nc1ccc(N(CCO)CCCNCCO)cc1.O.O.O. The molecule has 0 aliphatic carbocycles. The standard InChI is InChI=1S/C13H23N3O2.3ClH.3H2O/c14-12-2-4-13(5-3-12)16(9-11-18)8-1-6-15-7-10-17;;;;;;/h2-5,15,17-18H,1,6-11,14H2;3*1H;3*1H2. The van der Waals surface area contributed by atoms with Gasteiger partial charge in [0, 0.05) is 31.0 Å². The van der Waals surface area contributed by atoms with Crippen molar-refractivity contribution in [3.05, 3.63) is 24.3 Å². The van der Waals surface area contributed by atoms with Crippen LogP contribution in [0.2, 0.25) is 0 Å². The molecule has 0 radical (unpaired) electrons. The Bertz CT molecular complexity index is 337. The van der Waals surface area contributed by atoms with Crippen LogP contribution in [0.3, 0.4) is 0 Å². The lowest BCUT2D eigenvalue weighted by molar-refractivity contribution is 0.291. The number of anilines is 2. The van der Waals surface area contributed by atoms with Crippen molar-refractivity contribution in [2.45, 2.75) is 6.42 Å². The average molecular weight is 417 g/mol. The van der Waals surface area contributed by atoms with Crippen molar-refractivity contribution in [1.82, 2.24) is 5.32 Å². The number of benzene rings is 1. The van der Waals surface area contributed by atoms with Crippen molar-refractivity contribution in [3.8, 4) is 0 Å². The highest BCUT2D eigenvalue weighted by atomic mass is 35.5. The summed E-state index contributed by atoms with van der Waals surface area (Å²) in [6, 6.07) is 7.66. The van der Waals surface area contributed by atoms with Crippen molar-refractivity contribution in [1.29, 1.82) is 0 Å². The van der Waals surface area contributed by atoms with Gasteiger partial charge in [-0.3, -0.25) is 0 Å². The van der Waals surface area contributed by atoms with Crippen LogP contribution in [-0.4, -0.2) is 66.0 Å². The Balaban J connectivity index is -0.000000135. The van der Waals surface area contributed by atoms with Crippen LogP contribution >= 0.6 is 37.2 Å². The number of nitrogens with one attached hydrogen (secondary N) is 1. The minimum absolute atomic E-state index is 0. The molecular formula is C13H32Cl3N3O5. The highest BCUT2D eigenvalue weighted by Crippen LogP contribution is 2.16. The monoisotopic (exact) mass is 415 g/mol. The van der Waals surface area contributed by atoms with Gasteiger partial charge in [-0.15, -0.1) is 37.2 Å². The minimum atomic E-state index is 0. The molecule has 0 atom stereocenters. The van der Waals surface area contributed by atoms with Gasteiger partial charge in [-0.25, -0.2) is 0 Å². The van der Waals surface area contributed by atoms with E-state index in [2.05, 4.69) is 10.2 Å². The van der Waals surface area contributed by atoms with Crippen molar-refractivity contribution >= 4 is 48.6 Å². The summed E-state index contributed by atoms with van der Waals surface area (Å²) in [5, 5.41) is 20.9. The molecule has 24 heavy (non-hydrogen) atoms. The van der Waals surface area contributed by atoms with E-state index in [1.165, 1.54) is 0 Å². The number of aliphatic hydroxyl groups is 2. The van der Waals surface area contributed by atoms with Crippen LogP contribution in [0.1, 0.15) is 6.42 Å². The minimum Gasteiger partial charge on any atom is -0.412 e. The fourth-order valence-electron chi connectivity index (χ4n) is 1.77. The highest BCUT2D eigenvalue weighted by molar-refractivity contribution is 5.86. The van der Waals surface area contributed by atoms with E-state index in [9.17, 15) is 0 Å².